The summed E-state index contributed by atoms with van der Waals surface area (Å²) in [6.07, 6.45) is 18.8. The van der Waals surface area contributed by atoms with Crippen molar-refractivity contribution in [2.75, 3.05) is 31.6 Å². The average molecular weight is 709 g/mol. The Morgan fingerprint density at radius 3 is 2.25 bits per heavy atom. The molecule has 0 saturated carbocycles. The molecule has 2 aromatic rings. The molecule has 0 aromatic heterocycles. The number of carbonyl (C=O) groups is 3. The fourth-order valence-corrected chi connectivity index (χ4v) is 8.20. The van der Waals surface area contributed by atoms with Crippen LogP contribution in [0.2, 0.25) is 0 Å². The molecule has 1 fully saturated rings. The maximum atomic E-state index is 12.4. The molecular weight excluding hydrogens is 656 g/mol. The molecule has 3 amide bonds. The molecule has 1 N–H and O–H groups in total. The number of nitrogens with one attached hydrogen (secondary N) is 1. The molecule has 0 atom stereocenters. The van der Waals surface area contributed by atoms with Crippen molar-refractivity contribution in [2.45, 2.75) is 96.3 Å². The van der Waals surface area contributed by atoms with Crippen LogP contribution in [0.25, 0.3) is 0 Å². The van der Waals surface area contributed by atoms with Gasteiger partial charge in [0.2, 0.25) is 23.4 Å². The summed E-state index contributed by atoms with van der Waals surface area (Å²) in [4.78, 5) is 39.7. The van der Waals surface area contributed by atoms with Crippen molar-refractivity contribution in [3.05, 3.63) is 107 Å². The molecule has 4 aliphatic rings. The first-order valence-electron chi connectivity index (χ1n) is 18.5. The second-order valence-electron chi connectivity index (χ2n) is 15.2. The zero-order valence-corrected chi connectivity index (χ0v) is 31.7. The first-order chi connectivity index (χ1) is 24.0. The van der Waals surface area contributed by atoms with Crippen LogP contribution in [0.4, 0.5) is 11.4 Å². The molecule has 3 heterocycles. The van der Waals surface area contributed by atoms with Crippen molar-refractivity contribution in [3.8, 4) is 0 Å². The second kappa shape index (κ2) is 16.0. The minimum absolute atomic E-state index is 0. The Hall–Kier alpha value is -4.23. The lowest BCUT2D eigenvalue weighted by atomic mass is 9.81. The maximum Gasteiger partial charge on any atom is 0.229 e. The minimum Gasteiger partial charge on any atom is -1.00 e. The molecule has 51 heavy (non-hydrogen) atoms. The van der Waals surface area contributed by atoms with Crippen molar-refractivity contribution < 1.29 is 31.4 Å². The number of likely N-dealkylation sites (tertiary alicyclic amines) is 1. The number of amides is 3. The Morgan fingerprint density at radius 1 is 0.804 bits per heavy atom. The lowest BCUT2D eigenvalue weighted by Crippen LogP contribution is -3.00. The van der Waals surface area contributed by atoms with E-state index in [2.05, 4.69) is 128 Å². The standard InChI is InChI=1S/C43H52N4O3.ClH/c1-42(2)33-16-8-10-18-35(33)45(5)37(42)23-21-31-14-13-15-32(30-31)22-24-38-43(3,4)34-17-9-11-19-36(34)46(38)28-12-6-7-20-39(48)44-27-29-47-40(49)25-26-41(47)50;/h8-11,16-19,21-24,30H,6-7,12-15,20,25-29H2,1-5H3;1H. The third-order valence-corrected chi connectivity index (χ3v) is 11.1. The van der Waals surface area contributed by atoms with Gasteiger partial charge in [-0.2, -0.15) is 4.58 Å². The van der Waals surface area contributed by atoms with Crippen LogP contribution in [0.3, 0.4) is 0 Å². The number of halogens is 1. The third kappa shape index (κ3) is 7.99. The number of allylic oxidation sites excluding steroid dienone is 8. The molecule has 2 aromatic carbocycles. The molecule has 0 spiro atoms. The van der Waals surface area contributed by atoms with Gasteiger partial charge < -0.3 is 22.6 Å². The van der Waals surface area contributed by atoms with Crippen LogP contribution in [-0.2, 0) is 25.2 Å². The number of fused-ring (bicyclic) bond motifs is 2. The smallest absolute Gasteiger partial charge is 0.229 e. The van der Waals surface area contributed by atoms with Gasteiger partial charge in [0.1, 0.15) is 7.05 Å². The van der Waals surface area contributed by atoms with Gasteiger partial charge in [0.25, 0.3) is 0 Å². The van der Waals surface area contributed by atoms with Gasteiger partial charge in [0.05, 0.1) is 5.41 Å². The van der Waals surface area contributed by atoms with E-state index >= 15 is 0 Å². The molecule has 270 valence electrons. The SMILES string of the molecule is C[N+]1=C(/C=C/C2=CC(=C/C=C3/N(CCCCCC(=O)NCCN4C(=O)CCC4=O)c4ccccc4C3(C)C)CCC2)C(C)(C)c2ccccc21.[Cl-]. The van der Waals surface area contributed by atoms with Crippen LogP contribution < -0.4 is 22.6 Å². The Labute approximate surface area is 310 Å². The number of nitrogens with zero attached hydrogens (tertiary/aromatic N) is 3. The van der Waals surface area contributed by atoms with E-state index in [1.807, 2.05) is 0 Å². The van der Waals surface area contributed by atoms with E-state index in [4.69, 9.17) is 0 Å². The zero-order chi connectivity index (χ0) is 35.5. The molecule has 0 bridgehead atoms. The fraction of sp³-hybridized carbons (Fsp3) is 0.442. The Kier molecular flexibility index (Phi) is 11.9. The number of carbonyl (C=O) groups excluding carboxylic acids is 3. The van der Waals surface area contributed by atoms with Crippen LogP contribution in [0.1, 0.15) is 96.6 Å². The van der Waals surface area contributed by atoms with Crippen LogP contribution in [-0.4, -0.2) is 59.6 Å². The Balaban J connectivity index is 0.00000504. The van der Waals surface area contributed by atoms with Gasteiger partial charge in [0, 0.05) is 73.4 Å². The lowest BCUT2D eigenvalue weighted by Gasteiger charge is -2.27. The number of hydrogen-bond acceptors (Lipinski definition) is 4. The molecule has 8 heteroatoms. The van der Waals surface area contributed by atoms with Crippen molar-refractivity contribution >= 4 is 34.8 Å². The van der Waals surface area contributed by atoms with Gasteiger partial charge in [-0.3, -0.25) is 19.3 Å². The van der Waals surface area contributed by atoms with Crippen molar-refractivity contribution in [1.29, 1.82) is 0 Å². The van der Waals surface area contributed by atoms with E-state index in [1.165, 1.54) is 50.0 Å². The topological polar surface area (TPSA) is 72.7 Å². The van der Waals surface area contributed by atoms with Crippen LogP contribution in [0, 0.1) is 0 Å². The van der Waals surface area contributed by atoms with Crippen LogP contribution >= 0.6 is 0 Å². The molecule has 3 aliphatic heterocycles. The summed E-state index contributed by atoms with van der Waals surface area (Å²) in [5.74, 6) is -0.312. The molecule has 0 radical (unpaired) electrons. The lowest BCUT2D eigenvalue weighted by molar-refractivity contribution is -0.401. The minimum atomic E-state index is -0.143. The van der Waals surface area contributed by atoms with Crippen molar-refractivity contribution in [2.24, 2.45) is 0 Å². The number of unbranched alkanes of at least 4 members (excludes halogenated alkanes) is 2. The average Bonchev–Trinajstić information content (AvgIpc) is 3.61. The van der Waals surface area contributed by atoms with E-state index in [0.717, 1.165) is 45.1 Å². The van der Waals surface area contributed by atoms with E-state index in [1.54, 1.807) is 0 Å². The predicted molar refractivity (Wildman–Crippen MR) is 202 cm³/mol. The predicted octanol–water partition coefficient (Wildman–Crippen LogP) is 4.80. The summed E-state index contributed by atoms with van der Waals surface area (Å²) in [5, 5.41) is 2.87. The summed E-state index contributed by atoms with van der Waals surface area (Å²) in [6.45, 7) is 10.8. The van der Waals surface area contributed by atoms with Crippen molar-refractivity contribution in [3.63, 3.8) is 0 Å². The highest BCUT2D eigenvalue weighted by Crippen LogP contribution is 2.48. The molecule has 6 rings (SSSR count). The highest BCUT2D eigenvalue weighted by molar-refractivity contribution is 6.03. The number of para-hydroxylation sites is 2. The third-order valence-electron chi connectivity index (χ3n) is 11.1. The molecular formula is C43H53ClN4O3. The summed E-state index contributed by atoms with van der Waals surface area (Å²) >= 11 is 0. The first kappa shape index (κ1) is 38.0. The number of rotatable bonds is 12. The van der Waals surface area contributed by atoms with Gasteiger partial charge in [-0.15, -0.1) is 0 Å². The number of imide groups is 1. The van der Waals surface area contributed by atoms with E-state index < -0.39 is 0 Å². The number of hydrogen-bond donors (Lipinski definition) is 1. The summed E-state index contributed by atoms with van der Waals surface area (Å²) in [7, 11) is 2.18. The quantitative estimate of drug-likeness (QED) is 0.196. The summed E-state index contributed by atoms with van der Waals surface area (Å²) < 4.78 is 2.34. The van der Waals surface area contributed by atoms with Gasteiger partial charge in [-0.05, 0) is 74.8 Å². The summed E-state index contributed by atoms with van der Waals surface area (Å²) in [6, 6.07) is 17.5. The van der Waals surface area contributed by atoms with Gasteiger partial charge in [0.15, 0.2) is 5.71 Å². The highest BCUT2D eigenvalue weighted by atomic mass is 35.5. The number of benzene rings is 2. The van der Waals surface area contributed by atoms with E-state index in [9.17, 15) is 14.4 Å². The second-order valence-corrected chi connectivity index (χ2v) is 15.2. The number of anilines is 1. The molecule has 7 nitrogen and oxygen atoms in total. The molecule has 0 unspecified atom stereocenters. The van der Waals surface area contributed by atoms with E-state index in [0.29, 0.717) is 13.0 Å². The van der Waals surface area contributed by atoms with Gasteiger partial charge >= 0.3 is 0 Å². The monoisotopic (exact) mass is 708 g/mol. The van der Waals surface area contributed by atoms with Crippen LogP contribution in [0.15, 0.2) is 95.8 Å². The van der Waals surface area contributed by atoms with Crippen LogP contribution in [0.5, 0.6) is 0 Å². The first-order valence-corrected chi connectivity index (χ1v) is 18.5. The molecule has 1 aliphatic carbocycles. The van der Waals surface area contributed by atoms with Gasteiger partial charge in [-0.25, -0.2) is 0 Å². The zero-order valence-electron chi connectivity index (χ0n) is 30.9. The Bertz CT molecular complexity index is 1810. The highest BCUT2D eigenvalue weighted by Gasteiger charge is 2.42. The molecule has 1 saturated heterocycles. The fourth-order valence-electron chi connectivity index (χ4n) is 8.20. The largest absolute Gasteiger partial charge is 1.00 e. The summed E-state index contributed by atoms with van der Waals surface area (Å²) in [5.41, 5.74) is 10.5. The normalized spacial score (nSPS) is 20.7. The Morgan fingerprint density at radius 2 is 1.51 bits per heavy atom. The van der Waals surface area contributed by atoms with Crippen molar-refractivity contribution in [1.82, 2.24) is 10.2 Å². The van der Waals surface area contributed by atoms with E-state index in [-0.39, 0.29) is 60.3 Å². The maximum absolute atomic E-state index is 12.4. The van der Waals surface area contributed by atoms with Gasteiger partial charge in [-0.1, -0.05) is 74.9 Å².